The molecular weight excluding hydrogens is 307 g/mol. The van der Waals surface area contributed by atoms with Gasteiger partial charge in [-0.3, -0.25) is 0 Å². The Balaban J connectivity index is 1.72. The van der Waals surface area contributed by atoms with Crippen LogP contribution >= 0.6 is 0 Å². The first-order valence-electron chi connectivity index (χ1n) is 8.01. The first-order valence-corrected chi connectivity index (χ1v) is 8.01. The van der Waals surface area contributed by atoms with Crippen LogP contribution in [0.3, 0.4) is 0 Å². The fourth-order valence-electron chi connectivity index (χ4n) is 2.00. The van der Waals surface area contributed by atoms with E-state index in [4.69, 9.17) is 4.74 Å². The maximum atomic E-state index is 12.8. The molecule has 0 heterocycles. The molecule has 0 saturated carbocycles. The lowest BCUT2D eigenvalue weighted by molar-refractivity contribution is 0.240. The molecule has 0 aliphatic rings. The quantitative estimate of drug-likeness (QED) is 0.810. The van der Waals surface area contributed by atoms with Crippen molar-refractivity contribution >= 4 is 6.03 Å². The molecule has 0 radical (unpaired) electrons. The second-order valence-corrected chi connectivity index (χ2v) is 6.01. The summed E-state index contributed by atoms with van der Waals surface area (Å²) in [5.41, 5.74) is 1.84. The topological polar surface area (TPSA) is 50.4 Å². The highest BCUT2D eigenvalue weighted by atomic mass is 19.1. The molecule has 0 aliphatic carbocycles. The van der Waals surface area contributed by atoms with Crippen molar-refractivity contribution in [2.45, 2.75) is 26.9 Å². The number of amides is 2. The van der Waals surface area contributed by atoms with Crippen LogP contribution in [-0.2, 0) is 13.1 Å². The zero-order valence-electron chi connectivity index (χ0n) is 14.0. The van der Waals surface area contributed by atoms with E-state index in [0.717, 1.165) is 16.9 Å². The second kappa shape index (κ2) is 8.91. The van der Waals surface area contributed by atoms with Gasteiger partial charge >= 0.3 is 6.03 Å². The Morgan fingerprint density at radius 2 is 1.46 bits per heavy atom. The van der Waals surface area contributed by atoms with Gasteiger partial charge in [-0.2, -0.15) is 0 Å². The van der Waals surface area contributed by atoms with E-state index in [1.165, 1.54) is 12.1 Å². The van der Waals surface area contributed by atoms with Crippen LogP contribution in [0.25, 0.3) is 0 Å². The van der Waals surface area contributed by atoms with Crippen LogP contribution in [-0.4, -0.2) is 12.6 Å². The molecule has 0 fully saturated rings. The summed E-state index contributed by atoms with van der Waals surface area (Å²) < 4.78 is 18.4. The van der Waals surface area contributed by atoms with Gasteiger partial charge in [0.2, 0.25) is 0 Å². The zero-order chi connectivity index (χ0) is 17.4. The van der Waals surface area contributed by atoms with Crippen molar-refractivity contribution in [3.8, 4) is 5.75 Å². The number of benzene rings is 2. The van der Waals surface area contributed by atoms with E-state index in [0.29, 0.717) is 25.6 Å². The molecule has 0 aliphatic heterocycles. The molecule has 0 bridgehead atoms. The van der Waals surface area contributed by atoms with Crippen molar-refractivity contribution in [2.24, 2.45) is 5.92 Å². The van der Waals surface area contributed by atoms with Crippen molar-refractivity contribution in [1.82, 2.24) is 10.6 Å². The fourth-order valence-corrected chi connectivity index (χ4v) is 2.00. The summed E-state index contributed by atoms with van der Waals surface area (Å²) in [5.74, 6) is 1.02. The number of carbonyl (C=O) groups is 1. The van der Waals surface area contributed by atoms with E-state index in [-0.39, 0.29) is 11.8 Å². The van der Waals surface area contributed by atoms with E-state index in [1.807, 2.05) is 24.3 Å². The van der Waals surface area contributed by atoms with Crippen LogP contribution in [0.2, 0.25) is 0 Å². The van der Waals surface area contributed by atoms with Crippen molar-refractivity contribution in [3.05, 3.63) is 65.5 Å². The largest absolute Gasteiger partial charge is 0.493 e. The van der Waals surface area contributed by atoms with Crippen LogP contribution < -0.4 is 15.4 Å². The van der Waals surface area contributed by atoms with E-state index in [9.17, 15) is 9.18 Å². The van der Waals surface area contributed by atoms with E-state index in [1.54, 1.807) is 12.1 Å². The fraction of sp³-hybridized carbons (Fsp3) is 0.316. The van der Waals surface area contributed by atoms with Crippen LogP contribution in [0.4, 0.5) is 9.18 Å². The van der Waals surface area contributed by atoms with E-state index >= 15 is 0 Å². The number of halogens is 1. The molecule has 0 spiro atoms. The molecule has 2 amide bonds. The predicted octanol–water partition coefficient (Wildman–Crippen LogP) is 3.86. The van der Waals surface area contributed by atoms with Gasteiger partial charge in [-0.05, 0) is 41.3 Å². The highest BCUT2D eigenvalue weighted by Gasteiger charge is 2.02. The Bertz CT molecular complexity index is 639. The molecular formula is C19H23FN2O2. The summed E-state index contributed by atoms with van der Waals surface area (Å²) in [4.78, 5) is 11.8. The monoisotopic (exact) mass is 330 g/mol. The lowest BCUT2D eigenvalue weighted by Gasteiger charge is -2.10. The molecule has 2 aromatic rings. The van der Waals surface area contributed by atoms with Crippen LogP contribution in [0.15, 0.2) is 48.5 Å². The minimum Gasteiger partial charge on any atom is -0.493 e. The number of ether oxygens (including phenoxy) is 1. The first-order chi connectivity index (χ1) is 11.5. The summed E-state index contributed by atoms with van der Waals surface area (Å²) in [6.45, 7) is 5.67. The van der Waals surface area contributed by atoms with Gasteiger partial charge in [0.25, 0.3) is 0 Å². The van der Waals surface area contributed by atoms with E-state index in [2.05, 4.69) is 24.5 Å². The minimum absolute atomic E-state index is 0.264. The molecule has 2 N–H and O–H groups in total. The van der Waals surface area contributed by atoms with Gasteiger partial charge in [-0.15, -0.1) is 0 Å². The minimum atomic E-state index is -0.288. The van der Waals surface area contributed by atoms with Gasteiger partial charge in [0.1, 0.15) is 11.6 Å². The number of carbonyl (C=O) groups excluding carboxylic acids is 1. The van der Waals surface area contributed by atoms with Crippen molar-refractivity contribution < 1.29 is 13.9 Å². The average Bonchev–Trinajstić information content (AvgIpc) is 2.58. The summed E-state index contributed by atoms with van der Waals surface area (Å²) in [6.07, 6.45) is 0. The maximum Gasteiger partial charge on any atom is 0.315 e. The Labute approximate surface area is 142 Å². The Kier molecular flexibility index (Phi) is 6.61. The number of hydrogen-bond donors (Lipinski definition) is 2. The normalized spacial score (nSPS) is 10.5. The predicted molar refractivity (Wildman–Crippen MR) is 92.3 cm³/mol. The standard InChI is InChI=1S/C19H23FN2O2/c1-14(2)13-24-18-9-5-16(6-10-18)12-22-19(23)21-11-15-3-7-17(20)8-4-15/h3-10,14H,11-13H2,1-2H3,(H2,21,22,23). The third-order valence-electron chi connectivity index (χ3n) is 3.33. The molecule has 128 valence electrons. The Morgan fingerprint density at radius 1 is 0.958 bits per heavy atom. The zero-order valence-corrected chi connectivity index (χ0v) is 14.0. The number of rotatable bonds is 7. The van der Waals surface area contributed by atoms with Gasteiger partial charge in [0, 0.05) is 13.1 Å². The lowest BCUT2D eigenvalue weighted by atomic mass is 10.2. The molecule has 2 aromatic carbocycles. The van der Waals surface area contributed by atoms with Crippen LogP contribution in [0.1, 0.15) is 25.0 Å². The summed E-state index contributed by atoms with van der Waals surface area (Å²) in [5, 5.41) is 5.52. The second-order valence-electron chi connectivity index (χ2n) is 6.01. The van der Waals surface area contributed by atoms with E-state index < -0.39 is 0 Å². The molecule has 0 unspecified atom stereocenters. The summed E-state index contributed by atoms with van der Waals surface area (Å²) in [6, 6.07) is 13.4. The Morgan fingerprint density at radius 3 is 1.96 bits per heavy atom. The van der Waals surface area contributed by atoms with Crippen LogP contribution in [0.5, 0.6) is 5.75 Å². The maximum absolute atomic E-state index is 12.8. The van der Waals surface area contributed by atoms with Crippen LogP contribution in [0, 0.1) is 11.7 Å². The lowest BCUT2D eigenvalue weighted by Crippen LogP contribution is -2.34. The molecule has 24 heavy (non-hydrogen) atoms. The van der Waals surface area contributed by atoms with Gasteiger partial charge in [0.15, 0.2) is 0 Å². The highest BCUT2D eigenvalue weighted by Crippen LogP contribution is 2.13. The van der Waals surface area contributed by atoms with Gasteiger partial charge in [0.05, 0.1) is 6.61 Å². The molecule has 4 nitrogen and oxygen atoms in total. The van der Waals surface area contributed by atoms with Crippen molar-refractivity contribution in [1.29, 1.82) is 0 Å². The average molecular weight is 330 g/mol. The highest BCUT2D eigenvalue weighted by molar-refractivity contribution is 5.73. The molecule has 0 atom stereocenters. The summed E-state index contributed by atoms with van der Waals surface area (Å²) >= 11 is 0. The first kappa shape index (κ1) is 17.8. The number of urea groups is 1. The third kappa shape index (κ3) is 6.28. The number of nitrogens with one attached hydrogen (secondary N) is 2. The van der Waals surface area contributed by atoms with Gasteiger partial charge in [-0.25, -0.2) is 9.18 Å². The number of hydrogen-bond acceptors (Lipinski definition) is 2. The van der Waals surface area contributed by atoms with Crippen molar-refractivity contribution in [3.63, 3.8) is 0 Å². The summed E-state index contributed by atoms with van der Waals surface area (Å²) in [7, 11) is 0. The van der Waals surface area contributed by atoms with Crippen molar-refractivity contribution in [2.75, 3.05) is 6.61 Å². The Hall–Kier alpha value is -2.56. The smallest absolute Gasteiger partial charge is 0.315 e. The SMILES string of the molecule is CC(C)COc1ccc(CNC(=O)NCc2ccc(F)cc2)cc1. The molecule has 5 heteroatoms. The molecule has 0 saturated heterocycles. The van der Waals surface area contributed by atoms with Gasteiger partial charge in [-0.1, -0.05) is 38.1 Å². The van der Waals surface area contributed by atoms with Gasteiger partial charge < -0.3 is 15.4 Å². The molecule has 2 rings (SSSR count). The molecule has 0 aromatic heterocycles. The third-order valence-corrected chi connectivity index (χ3v) is 3.33.